The Morgan fingerprint density at radius 1 is 1.52 bits per heavy atom. The molecule has 1 saturated heterocycles. The third-order valence-corrected chi connectivity index (χ3v) is 5.45. The molecule has 1 aliphatic carbocycles. The molecule has 2 aliphatic rings. The number of carbonyl (C=O) groups is 2. The average Bonchev–Trinajstić information content (AvgIpc) is 3.06. The minimum atomic E-state index is -0.727. The van der Waals surface area contributed by atoms with Crippen LogP contribution in [0.2, 0.25) is 5.02 Å². The Morgan fingerprint density at radius 2 is 2.30 bits per heavy atom. The predicted octanol–water partition coefficient (Wildman–Crippen LogP) is 2.25. The van der Waals surface area contributed by atoms with Crippen molar-refractivity contribution in [2.75, 3.05) is 18.4 Å². The highest BCUT2D eigenvalue weighted by atomic mass is 35.5. The van der Waals surface area contributed by atoms with Crippen LogP contribution in [0, 0.1) is 11.3 Å². The molecule has 3 rings (SSSR count). The Balaban J connectivity index is 1.67. The Hall–Kier alpha value is -1.66. The molecule has 3 atom stereocenters. The lowest BCUT2D eigenvalue weighted by molar-refractivity contribution is -0.149. The quantitative estimate of drug-likeness (QED) is 0.880. The van der Waals surface area contributed by atoms with E-state index in [1.807, 2.05) is 11.8 Å². The minimum Gasteiger partial charge on any atom is -0.481 e. The first-order valence-corrected chi connectivity index (χ1v) is 8.20. The number of halogens is 1. The first-order chi connectivity index (χ1) is 10.9. The first-order valence-electron chi connectivity index (χ1n) is 7.82. The maximum Gasteiger partial charge on any atom is 0.311 e. The highest BCUT2D eigenvalue weighted by molar-refractivity contribution is 6.30. The fourth-order valence-corrected chi connectivity index (χ4v) is 3.93. The van der Waals surface area contributed by atoms with Gasteiger partial charge in [-0.2, -0.15) is 0 Å². The van der Waals surface area contributed by atoms with Gasteiger partial charge >= 0.3 is 5.97 Å². The van der Waals surface area contributed by atoms with Gasteiger partial charge in [0.25, 0.3) is 0 Å². The summed E-state index contributed by atoms with van der Waals surface area (Å²) in [6.45, 7) is 2.91. The van der Waals surface area contributed by atoms with E-state index in [0.717, 1.165) is 12.8 Å². The summed E-state index contributed by atoms with van der Waals surface area (Å²) in [6.07, 6.45) is 4.06. The maximum absolute atomic E-state index is 12.4. The van der Waals surface area contributed by atoms with Crippen molar-refractivity contribution in [3.8, 4) is 0 Å². The van der Waals surface area contributed by atoms with E-state index in [1.165, 1.54) is 6.20 Å². The molecule has 6 nitrogen and oxygen atoms in total. The Kier molecular flexibility index (Phi) is 4.29. The molecule has 1 aromatic rings. The topological polar surface area (TPSA) is 82.5 Å². The molecule has 7 heteroatoms. The smallest absolute Gasteiger partial charge is 0.311 e. The number of carbonyl (C=O) groups excluding carboxylic acids is 1. The van der Waals surface area contributed by atoms with E-state index >= 15 is 0 Å². The lowest BCUT2D eigenvalue weighted by Gasteiger charge is -2.26. The zero-order chi connectivity index (χ0) is 16.6. The van der Waals surface area contributed by atoms with E-state index in [4.69, 9.17) is 11.6 Å². The number of aromatic nitrogens is 1. The lowest BCUT2D eigenvalue weighted by Crippen LogP contribution is -2.43. The first kappa shape index (κ1) is 16.2. The largest absolute Gasteiger partial charge is 0.481 e. The molecule has 0 bridgehead atoms. The molecule has 1 aromatic heterocycles. The van der Waals surface area contributed by atoms with Crippen LogP contribution in [0.1, 0.15) is 26.2 Å². The number of carboxylic acid groups (broad SMARTS) is 1. The number of nitrogens with one attached hydrogen (secondary N) is 1. The molecule has 0 aromatic carbocycles. The summed E-state index contributed by atoms with van der Waals surface area (Å²) in [6, 6.07) is 2.91. The number of fused-ring (bicyclic) bond motifs is 1. The van der Waals surface area contributed by atoms with Crippen LogP contribution in [0.5, 0.6) is 0 Å². The number of pyridine rings is 1. The van der Waals surface area contributed by atoms with Crippen LogP contribution in [-0.4, -0.2) is 46.0 Å². The third-order valence-electron chi connectivity index (χ3n) is 5.23. The van der Waals surface area contributed by atoms with Gasteiger partial charge in [0.2, 0.25) is 5.91 Å². The van der Waals surface area contributed by atoms with Gasteiger partial charge in [0.1, 0.15) is 5.82 Å². The lowest BCUT2D eigenvalue weighted by atomic mass is 9.81. The zero-order valence-corrected chi connectivity index (χ0v) is 13.7. The Bertz CT molecular complexity index is 622. The molecule has 2 fully saturated rings. The van der Waals surface area contributed by atoms with Crippen molar-refractivity contribution in [1.29, 1.82) is 0 Å². The van der Waals surface area contributed by atoms with Gasteiger partial charge < -0.3 is 10.4 Å². The van der Waals surface area contributed by atoms with E-state index in [9.17, 15) is 14.7 Å². The number of hydrogen-bond acceptors (Lipinski definition) is 4. The number of likely N-dealkylation sites (tertiary alicyclic amines) is 1. The molecular formula is C16H20ClN3O3. The van der Waals surface area contributed by atoms with Gasteiger partial charge in [-0.1, -0.05) is 18.0 Å². The molecule has 0 spiro atoms. The second-order valence-corrected chi connectivity index (χ2v) is 6.94. The van der Waals surface area contributed by atoms with Gasteiger partial charge in [0.15, 0.2) is 0 Å². The monoisotopic (exact) mass is 337 g/mol. The molecule has 124 valence electrons. The summed E-state index contributed by atoms with van der Waals surface area (Å²) in [4.78, 5) is 30.1. The highest BCUT2D eigenvalue weighted by Gasteiger charge is 2.55. The molecule has 1 amide bonds. The van der Waals surface area contributed by atoms with Crippen molar-refractivity contribution in [3.05, 3.63) is 23.4 Å². The summed E-state index contributed by atoms with van der Waals surface area (Å²) in [5.41, 5.74) is -0.674. The van der Waals surface area contributed by atoms with E-state index in [-0.39, 0.29) is 11.8 Å². The molecule has 23 heavy (non-hydrogen) atoms. The molecule has 0 radical (unpaired) electrons. The number of hydrogen-bond donors (Lipinski definition) is 2. The summed E-state index contributed by atoms with van der Waals surface area (Å²) >= 11 is 5.77. The van der Waals surface area contributed by atoms with Crippen LogP contribution >= 0.6 is 11.6 Å². The van der Waals surface area contributed by atoms with Gasteiger partial charge in [-0.25, -0.2) is 4.98 Å². The number of anilines is 1. The summed E-state index contributed by atoms with van der Waals surface area (Å²) in [5, 5.41) is 12.9. The van der Waals surface area contributed by atoms with Crippen LogP contribution in [0.25, 0.3) is 0 Å². The average molecular weight is 338 g/mol. The SMILES string of the molecule is CC(C(=O)Nc1ccc(Cl)cn1)N1C[C@@H]2CCC[C@@]2(C(=O)O)C1. The van der Waals surface area contributed by atoms with Crippen molar-refractivity contribution in [1.82, 2.24) is 9.88 Å². The normalized spacial score (nSPS) is 28.3. The van der Waals surface area contributed by atoms with Gasteiger partial charge in [0, 0.05) is 19.3 Å². The van der Waals surface area contributed by atoms with E-state index < -0.39 is 17.4 Å². The van der Waals surface area contributed by atoms with Crippen LogP contribution in [0.4, 0.5) is 5.82 Å². The van der Waals surface area contributed by atoms with Gasteiger partial charge in [-0.3, -0.25) is 14.5 Å². The van der Waals surface area contributed by atoms with Crippen LogP contribution in [0.15, 0.2) is 18.3 Å². The highest BCUT2D eigenvalue weighted by Crippen LogP contribution is 2.49. The number of aliphatic carboxylic acids is 1. The standard InChI is InChI=1S/C16H20ClN3O3/c1-10(14(21)19-13-5-4-12(17)7-18-13)20-8-11-3-2-6-16(11,9-20)15(22)23/h4-5,7,10-11H,2-3,6,8-9H2,1H3,(H,22,23)(H,18,19,21)/t10?,11-,16+/m0/s1. The fourth-order valence-electron chi connectivity index (χ4n) is 3.82. The molecule has 1 saturated carbocycles. The van der Waals surface area contributed by atoms with Crippen molar-refractivity contribution in [2.45, 2.75) is 32.2 Å². The van der Waals surface area contributed by atoms with Gasteiger partial charge in [-0.05, 0) is 37.8 Å². The maximum atomic E-state index is 12.4. The number of amides is 1. The van der Waals surface area contributed by atoms with Crippen molar-refractivity contribution in [3.63, 3.8) is 0 Å². The predicted molar refractivity (Wildman–Crippen MR) is 86.3 cm³/mol. The van der Waals surface area contributed by atoms with E-state index in [2.05, 4.69) is 10.3 Å². The van der Waals surface area contributed by atoms with Gasteiger partial charge in [0.05, 0.1) is 16.5 Å². The van der Waals surface area contributed by atoms with Crippen molar-refractivity contribution in [2.24, 2.45) is 11.3 Å². The van der Waals surface area contributed by atoms with E-state index in [1.54, 1.807) is 12.1 Å². The summed E-state index contributed by atoms with van der Waals surface area (Å²) in [5.74, 6) is -0.322. The van der Waals surface area contributed by atoms with Crippen LogP contribution in [0.3, 0.4) is 0 Å². The molecule has 1 aliphatic heterocycles. The second-order valence-electron chi connectivity index (χ2n) is 6.51. The molecular weight excluding hydrogens is 318 g/mol. The summed E-state index contributed by atoms with van der Waals surface area (Å²) < 4.78 is 0. The van der Waals surface area contributed by atoms with Crippen molar-refractivity contribution < 1.29 is 14.7 Å². The van der Waals surface area contributed by atoms with E-state index in [0.29, 0.717) is 30.4 Å². The number of nitrogens with zero attached hydrogens (tertiary/aromatic N) is 2. The Morgan fingerprint density at radius 3 is 2.91 bits per heavy atom. The minimum absolute atomic E-state index is 0.143. The zero-order valence-electron chi connectivity index (χ0n) is 13.0. The number of rotatable bonds is 4. The molecule has 2 N–H and O–H groups in total. The third kappa shape index (κ3) is 2.93. The van der Waals surface area contributed by atoms with Crippen LogP contribution in [-0.2, 0) is 9.59 Å². The van der Waals surface area contributed by atoms with Gasteiger partial charge in [-0.15, -0.1) is 0 Å². The molecule has 2 heterocycles. The van der Waals surface area contributed by atoms with Crippen LogP contribution < -0.4 is 5.32 Å². The number of carboxylic acids is 1. The summed E-state index contributed by atoms with van der Waals surface area (Å²) in [7, 11) is 0. The Labute approximate surface area is 139 Å². The fraction of sp³-hybridized carbons (Fsp3) is 0.562. The second kappa shape index (κ2) is 6.09. The van der Waals surface area contributed by atoms with Crippen molar-refractivity contribution >= 4 is 29.3 Å². The molecule has 1 unspecified atom stereocenters.